The fourth-order valence-electron chi connectivity index (χ4n) is 1.18. The van der Waals surface area contributed by atoms with Crippen LogP contribution in [-0.2, 0) is 9.84 Å². The Bertz CT molecular complexity index is 559. The van der Waals surface area contributed by atoms with E-state index in [4.69, 9.17) is 0 Å². The van der Waals surface area contributed by atoms with Gasteiger partial charge in [0.05, 0.1) is 5.56 Å². The summed E-state index contributed by atoms with van der Waals surface area (Å²) in [6.45, 7) is 1.17. The Kier molecular flexibility index (Phi) is 3.33. The molecule has 0 amide bonds. The Morgan fingerprint density at radius 3 is 2.24 bits per heavy atom. The van der Waals surface area contributed by atoms with Gasteiger partial charge in [0.25, 0.3) is 0 Å². The smallest absolute Gasteiger partial charge is 0.294 e. The quantitative estimate of drug-likeness (QED) is 0.789. The van der Waals surface area contributed by atoms with Gasteiger partial charge in [-0.25, -0.2) is 12.8 Å². The summed E-state index contributed by atoms with van der Waals surface area (Å²) in [6, 6.07) is 2.78. The van der Waals surface area contributed by atoms with E-state index in [0.29, 0.717) is 6.07 Å². The number of rotatable bonds is 3. The zero-order chi connectivity index (χ0) is 13.4. The first kappa shape index (κ1) is 13.7. The van der Waals surface area contributed by atoms with E-state index < -0.39 is 37.2 Å². The lowest BCUT2D eigenvalue weighted by Gasteiger charge is -2.13. The average Bonchev–Trinajstić information content (AvgIpc) is 2.15. The Morgan fingerprint density at radius 1 is 1.29 bits per heavy atom. The van der Waals surface area contributed by atoms with Crippen LogP contribution in [0.5, 0.6) is 0 Å². The number of alkyl halides is 2. The molecule has 0 radical (unpaired) electrons. The Morgan fingerprint density at radius 2 is 1.82 bits per heavy atom. The summed E-state index contributed by atoms with van der Waals surface area (Å²) in [7, 11) is -5.12. The lowest BCUT2D eigenvalue weighted by atomic mass is 10.1. The first-order valence-electron chi connectivity index (χ1n) is 4.51. The highest BCUT2D eigenvalue weighted by Crippen LogP contribution is 2.30. The van der Waals surface area contributed by atoms with E-state index in [0.717, 1.165) is 19.1 Å². The number of hydrogen-bond acceptors (Lipinski definition) is 3. The van der Waals surface area contributed by atoms with Crippen molar-refractivity contribution >= 4 is 15.6 Å². The van der Waals surface area contributed by atoms with E-state index in [2.05, 4.69) is 0 Å². The number of halogens is 3. The summed E-state index contributed by atoms with van der Waals surface area (Å²) in [5, 5.41) is -4.11. The van der Waals surface area contributed by atoms with Crippen LogP contribution in [0, 0.1) is 5.82 Å². The molecule has 0 aliphatic rings. The van der Waals surface area contributed by atoms with Gasteiger partial charge in [0.15, 0.2) is 11.6 Å². The van der Waals surface area contributed by atoms with Gasteiger partial charge in [-0.15, -0.1) is 0 Å². The molecule has 0 aliphatic carbocycles. The SMILES string of the molecule is CC(=O)c1cccc(S(=O)(=O)C(C)(F)F)c1F. The number of carbonyl (C=O) groups excluding carboxylic acids is 1. The minimum absolute atomic E-state index is 0.155. The highest BCUT2D eigenvalue weighted by atomic mass is 32.2. The minimum atomic E-state index is -5.12. The predicted octanol–water partition coefficient (Wildman–Crippen LogP) is 2.41. The van der Waals surface area contributed by atoms with Crippen molar-refractivity contribution in [2.75, 3.05) is 0 Å². The van der Waals surface area contributed by atoms with Crippen LogP contribution < -0.4 is 0 Å². The number of Topliss-reactive ketones (excluding diaryl/α,β-unsaturated/α-hetero) is 1. The lowest BCUT2D eigenvalue weighted by Crippen LogP contribution is -2.26. The van der Waals surface area contributed by atoms with Crippen molar-refractivity contribution in [2.24, 2.45) is 0 Å². The molecular formula is C10H9F3O3S. The second-order valence-corrected chi connectivity index (χ2v) is 5.65. The monoisotopic (exact) mass is 266 g/mol. The Hall–Kier alpha value is -1.37. The average molecular weight is 266 g/mol. The van der Waals surface area contributed by atoms with Gasteiger partial charge in [0.1, 0.15) is 4.90 Å². The standard InChI is InChI=1S/C10H9F3O3S/c1-6(14)7-4-3-5-8(9(7)11)17(15,16)10(2,12)13/h3-5H,1-2H3. The molecule has 17 heavy (non-hydrogen) atoms. The van der Waals surface area contributed by atoms with Crippen LogP contribution in [-0.4, -0.2) is 19.5 Å². The van der Waals surface area contributed by atoms with Crippen molar-refractivity contribution in [2.45, 2.75) is 24.0 Å². The number of sulfone groups is 1. The molecule has 1 aromatic rings. The predicted molar refractivity (Wildman–Crippen MR) is 54.2 cm³/mol. The van der Waals surface area contributed by atoms with Crippen LogP contribution in [0.15, 0.2) is 23.1 Å². The molecule has 0 saturated heterocycles. The van der Waals surface area contributed by atoms with Crippen LogP contribution in [0.2, 0.25) is 0 Å². The third-order valence-corrected chi connectivity index (χ3v) is 3.94. The van der Waals surface area contributed by atoms with Crippen LogP contribution in [0.3, 0.4) is 0 Å². The van der Waals surface area contributed by atoms with Gasteiger partial charge in [-0.05, 0) is 19.1 Å². The summed E-state index contributed by atoms with van der Waals surface area (Å²) in [5.41, 5.74) is -0.532. The maximum atomic E-state index is 13.6. The van der Waals surface area contributed by atoms with Crippen molar-refractivity contribution in [3.05, 3.63) is 29.6 Å². The number of benzene rings is 1. The molecule has 94 valence electrons. The highest BCUT2D eigenvalue weighted by molar-refractivity contribution is 7.92. The second kappa shape index (κ2) is 4.14. The van der Waals surface area contributed by atoms with Gasteiger partial charge in [-0.1, -0.05) is 6.07 Å². The van der Waals surface area contributed by atoms with Crippen LogP contribution >= 0.6 is 0 Å². The molecule has 0 fully saturated rings. The maximum absolute atomic E-state index is 13.6. The molecule has 3 nitrogen and oxygen atoms in total. The molecule has 0 saturated carbocycles. The van der Waals surface area contributed by atoms with E-state index >= 15 is 0 Å². The van der Waals surface area contributed by atoms with Gasteiger partial charge in [0, 0.05) is 6.92 Å². The molecule has 0 unspecified atom stereocenters. The fraction of sp³-hybridized carbons (Fsp3) is 0.300. The summed E-state index contributed by atoms with van der Waals surface area (Å²) in [5.74, 6) is -2.18. The van der Waals surface area contributed by atoms with Gasteiger partial charge >= 0.3 is 5.25 Å². The van der Waals surface area contributed by atoms with Gasteiger partial charge < -0.3 is 0 Å². The van der Waals surface area contributed by atoms with Gasteiger partial charge in [-0.2, -0.15) is 8.78 Å². The Balaban J connectivity index is 3.56. The summed E-state index contributed by atoms with van der Waals surface area (Å²) < 4.78 is 62.0. The summed E-state index contributed by atoms with van der Waals surface area (Å²) >= 11 is 0. The zero-order valence-electron chi connectivity index (χ0n) is 9.00. The minimum Gasteiger partial charge on any atom is -0.294 e. The molecular weight excluding hydrogens is 257 g/mol. The van der Waals surface area contributed by atoms with Crippen LogP contribution in [0.25, 0.3) is 0 Å². The Labute approximate surface area is 96.2 Å². The first-order valence-corrected chi connectivity index (χ1v) is 5.99. The van der Waals surface area contributed by atoms with Crippen molar-refractivity contribution < 1.29 is 26.4 Å². The maximum Gasteiger partial charge on any atom is 0.347 e. The molecule has 0 spiro atoms. The molecule has 1 aromatic carbocycles. The van der Waals surface area contributed by atoms with Crippen molar-refractivity contribution in [1.29, 1.82) is 0 Å². The topological polar surface area (TPSA) is 51.2 Å². The normalized spacial score (nSPS) is 12.5. The van der Waals surface area contributed by atoms with E-state index in [1.807, 2.05) is 0 Å². The van der Waals surface area contributed by atoms with E-state index in [1.165, 1.54) is 0 Å². The molecule has 7 heteroatoms. The zero-order valence-corrected chi connectivity index (χ0v) is 9.82. The lowest BCUT2D eigenvalue weighted by molar-refractivity contribution is 0.101. The molecule has 0 aromatic heterocycles. The molecule has 0 N–H and O–H groups in total. The van der Waals surface area contributed by atoms with E-state index in [1.54, 1.807) is 0 Å². The number of carbonyl (C=O) groups is 1. The van der Waals surface area contributed by atoms with E-state index in [9.17, 15) is 26.4 Å². The highest BCUT2D eigenvalue weighted by Gasteiger charge is 2.42. The van der Waals surface area contributed by atoms with Crippen molar-refractivity contribution in [3.8, 4) is 0 Å². The molecule has 0 bridgehead atoms. The van der Waals surface area contributed by atoms with Crippen molar-refractivity contribution in [1.82, 2.24) is 0 Å². The molecule has 0 aliphatic heterocycles. The van der Waals surface area contributed by atoms with E-state index in [-0.39, 0.29) is 6.92 Å². The number of hydrogen-bond donors (Lipinski definition) is 0. The molecule has 0 heterocycles. The largest absolute Gasteiger partial charge is 0.347 e. The molecule has 1 rings (SSSR count). The van der Waals surface area contributed by atoms with Crippen LogP contribution in [0.4, 0.5) is 13.2 Å². The molecule has 0 atom stereocenters. The van der Waals surface area contributed by atoms with Crippen molar-refractivity contribution in [3.63, 3.8) is 0 Å². The summed E-state index contributed by atoms with van der Waals surface area (Å²) in [4.78, 5) is 9.80. The third kappa shape index (κ3) is 2.33. The summed E-state index contributed by atoms with van der Waals surface area (Å²) in [6.07, 6.45) is 0. The van der Waals surface area contributed by atoms with Gasteiger partial charge in [-0.3, -0.25) is 4.79 Å². The van der Waals surface area contributed by atoms with Crippen LogP contribution in [0.1, 0.15) is 24.2 Å². The second-order valence-electron chi connectivity index (χ2n) is 3.49. The first-order chi connectivity index (χ1) is 7.59. The fourth-order valence-corrected chi connectivity index (χ4v) is 2.17. The number of ketones is 1. The third-order valence-electron chi connectivity index (χ3n) is 2.10. The van der Waals surface area contributed by atoms with Gasteiger partial charge in [0.2, 0.25) is 9.84 Å².